The number of pyridine rings is 1. The quantitative estimate of drug-likeness (QED) is 0.644. The summed E-state index contributed by atoms with van der Waals surface area (Å²) >= 11 is 0. The molecule has 1 saturated heterocycles. The van der Waals surface area contributed by atoms with Crippen molar-refractivity contribution in [2.24, 2.45) is 5.73 Å². The van der Waals surface area contributed by atoms with Crippen molar-refractivity contribution in [1.29, 1.82) is 5.41 Å². The number of anilines is 1. The zero-order chi connectivity index (χ0) is 14.1. The van der Waals surface area contributed by atoms with Gasteiger partial charge in [0.25, 0.3) is 0 Å². The van der Waals surface area contributed by atoms with E-state index in [-0.39, 0.29) is 11.9 Å². The second kappa shape index (κ2) is 5.09. The number of nitrogen functional groups attached to an aromatic ring is 1. The van der Waals surface area contributed by atoms with Crippen LogP contribution in [0.2, 0.25) is 0 Å². The number of ether oxygens (including phenoxy) is 1. The summed E-state index contributed by atoms with van der Waals surface area (Å²) in [7, 11) is 0. The number of nitrogens with two attached hydrogens (primary N) is 1. The molecule has 1 aromatic heterocycles. The van der Waals surface area contributed by atoms with Crippen molar-refractivity contribution < 1.29 is 4.74 Å². The van der Waals surface area contributed by atoms with Crippen LogP contribution in [0.5, 0.6) is 0 Å². The fraction of sp³-hybridized carbons (Fsp3) is 0.333. The van der Waals surface area contributed by atoms with Crippen molar-refractivity contribution in [1.82, 2.24) is 4.98 Å². The first-order chi connectivity index (χ1) is 9.65. The molecule has 0 radical (unpaired) electrons. The molecular formula is C15H18N4O. The van der Waals surface area contributed by atoms with Gasteiger partial charge in [0.05, 0.1) is 18.2 Å². The third-order valence-electron chi connectivity index (χ3n) is 3.56. The van der Waals surface area contributed by atoms with Crippen LogP contribution in [-0.4, -0.2) is 36.6 Å². The van der Waals surface area contributed by atoms with E-state index >= 15 is 0 Å². The number of nitrogens with zero attached hydrogens (tertiary/aromatic N) is 2. The molecule has 0 spiro atoms. The number of amidine groups is 1. The molecule has 1 aromatic carbocycles. The van der Waals surface area contributed by atoms with Crippen molar-refractivity contribution in [2.75, 3.05) is 24.6 Å². The Balaban J connectivity index is 2.09. The van der Waals surface area contributed by atoms with Crippen LogP contribution >= 0.6 is 0 Å². The highest BCUT2D eigenvalue weighted by Gasteiger charge is 2.19. The van der Waals surface area contributed by atoms with Gasteiger partial charge in [-0.25, -0.2) is 4.98 Å². The molecule has 0 amide bonds. The van der Waals surface area contributed by atoms with E-state index in [4.69, 9.17) is 20.9 Å². The van der Waals surface area contributed by atoms with E-state index in [9.17, 15) is 0 Å². The Morgan fingerprint density at radius 2 is 2.25 bits per heavy atom. The lowest BCUT2D eigenvalue weighted by atomic mass is 10.1. The highest BCUT2D eigenvalue weighted by atomic mass is 16.5. The van der Waals surface area contributed by atoms with Crippen LogP contribution in [0.15, 0.2) is 30.3 Å². The number of morpholine rings is 1. The molecule has 1 aliphatic rings. The van der Waals surface area contributed by atoms with Crippen LogP contribution in [-0.2, 0) is 4.74 Å². The summed E-state index contributed by atoms with van der Waals surface area (Å²) in [5, 5.41) is 8.70. The maximum absolute atomic E-state index is 7.77. The highest BCUT2D eigenvalue weighted by molar-refractivity contribution is 6.07. The number of aromatic nitrogens is 1. The number of benzene rings is 1. The van der Waals surface area contributed by atoms with Crippen molar-refractivity contribution >= 4 is 22.6 Å². The smallest absolute Gasteiger partial charge is 0.130 e. The Hall–Kier alpha value is -2.14. The molecule has 104 valence electrons. The monoisotopic (exact) mass is 270 g/mol. The van der Waals surface area contributed by atoms with Crippen LogP contribution in [0.1, 0.15) is 12.5 Å². The summed E-state index contributed by atoms with van der Waals surface area (Å²) in [6, 6.07) is 9.69. The van der Waals surface area contributed by atoms with E-state index in [0.29, 0.717) is 6.61 Å². The SMILES string of the molecule is CC1CN(c2cc(C(=N)N)c3ccccc3n2)CCO1. The molecule has 1 fully saturated rings. The van der Waals surface area contributed by atoms with E-state index in [1.165, 1.54) is 0 Å². The minimum atomic E-state index is 0.0751. The van der Waals surface area contributed by atoms with Crippen LogP contribution in [0.3, 0.4) is 0 Å². The topological polar surface area (TPSA) is 75.2 Å². The number of rotatable bonds is 2. The summed E-state index contributed by atoms with van der Waals surface area (Å²) in [5.74, 6) is 0.940. The number of nitrogens with one attached hydrogen (secondary N) is 1. The average Bonchev–Trinajstić information content (AvgIpc) is 2.46. The molecule has 2 heterocycles. The molecule has 1 unspecified atom stereocenters. The molecular weight excluding hydrogens is 252 g/mol. The number of hydrogen-bond donors (Lipinski definition) is 2. The van der Waals surface area contributed by atoms with Gasteiger partial charge in [0.2, 0.25) is 0 Å². The van der Waals surface area contributed by atoms with E-state index in [2.05, 4.69) is 11.8 Å². The maximum Gasteiger partial charge on any atom is 0.130 e. The van der Waals surface area contributed by atoms with E-state index in [0.717, 1.165) is 35.4 Å². The Morgan fingerprint density at radius 1 is 1.45 bits per heavy atom. The largest absolute Gasteiger partial charge is 0.384 e. The molecule has 0 saturated carbocycles. The van der Waals surface area contributed by atoms with Gasteiger partial charge in [-0.3, -0.25) is 5.41 Å². The van der Waals surface area contributed by atoms with E-state index in [1.54, 1.807) is 0 Å². The third kappa shape index (κ3) is 2.32. The van der Waals surface area contributed by atoms with Crippen LogP contribution in [0.25, 0.3) is 10.9 Å². The Kier molecular flexibility index (Phi) is 3.28. The second-order valence-electron chi connectivity index (χ2n) is 5.09. The molecule has 1 aliphatic heterocycles. The zero-order valence-electron chi connectivity index (χ0n) is 11.5. The molecule has 2 aromatic rings. The molecule has 0 bridgehead atoms. The summed E-state index contributed by atoms with van der Waals surface area (Å²) in [5.41, 5.74) is 7.33. The van der Waals surface area contributed by atoms with E-state index < -0.39 is 0 Å². The summed E-state index contributed by atoms with van der Waals surface area (Å²) in [4.78, 5) is 6.88. The van der Waals surface area contributed by atoms with Gasteiger partial charge in [-0.05, 0) is 19.1 Å². The molecule has 5 nitrogen and oxygen atoms in total. The molecule has 3 rings (SSSR count). The van der Waals surface area contributed by atoms with Crippen LogP contribution < -0.4 is 10.6 Å². The van der Waals surface area contributed by atoms with E-state index in [1.807, 2.05) is 30.3 Å². The molecule has 20 heavy (non-hydrogen) atoms. The fourth-order valence-electron chi connectivity index (χ4n) is 2.57. The minimum absolute atomic E-state index is 0.0751. The lowest BCUT2D eigenvalue weighted by molar-refractivity contribution is 0.0529. The predicted octanol–water partition coefficient (Wildman–Crippen LogP) is 1.74. The Bertz CT molecular complexity index is 655. The van der Waals surface area contributed by atoms with Crippen molar-refractivity contribution in [3.63, 3.8) is 0 Å². The van der Waals surface area contributed by atoms with Gasteiger partial charge in [0.15, 0.2) is 0 Å². The molecule has 5 heteroatoms. The first-order valence-corrected chi connectivity index (χ1v) is 6.76. The normalized spacial score (nSPS) is 19.2. The number of para-hydroxylation sites is 1. The van der Waals surface area contributed by atoms with Gasteiger partial charge < -0.3 is 15.4 Å². The van der Waals surface area contributed by atoms with Gasteiger partial charge in [0, 0.05) is 24.0 Å². The van der Waals surface area contributed by atoms with Gasteiger partial charge in [-0.2, -0.15) is 0 Å². The van der Waals surface area contributed by atoms with Crippen molar-refractivity contribution in [3.05, 3.63) is 35.9 Å². The lowest BCUT2D eigenvalue weighted by Gasteiger charge is -2.32. The third-order valence-corrected chi connectivity index (χ3v) is 3.56. The predicted molar refractivity (Wildman–Crippen MR) is 80.4 cm³/mol. The maximum atomic E-state index is 7.77. The first-order valence-electron chi connectivity index (χ1n) is 6.76. The fourth-order valence-corrected chi connectivity index (χ4v) is 2.57. The van der Waals surface area contributed by atoms with Crippen LogP contribution in [0, 0.1) is 5.41 Å². The summed E-state index contributed by atoms with van der Waals surface area (Å²) < 4.78 is 5.56. The average molecular weight is 270 g/mol. The highest BCUT2D eigenvalue weighted by Crippen LogP contribution is 2.24. The minimum Gasteiger partial charge on any atom is -0.384 e. The first kappa shape index (κ1) is 12.9. The Labute approximate surface area is 117 Å². The number of hydrogen-bond acceptors (Lipinski definition) is 4. The van der Waals surface area contributed by atoms with Gasteiger partial charge in [0.1, 0.15) is 11.7 Å². The standard InChI is InChI=1S/C15H18N4O/c1-10-9-19(6-7-20-10)14-8-12(15(16)17)11-4-2-3-5-13(11)18-14/h2-5,8,10H,6-7,9H2,1H3,(H3,16,17). The lowest BCUT2D eigenvalue weighted by Crippen LogP contribution is -2.41. The van der Waals surface area contributed by atoms with Crippen LogP contribution in [0.4, 0.5) is 5.82 Å². The number of fused-ring (bicyclic) bond motifs is 1. The molecule has 0 aliphatic carbocycles. The van der Waals surface area contributed by atoms with Gasteiger partial charge in [-0.15, -0.1) is 0 Å². The Morgan fingerprint density at radius 3 is 3.00 bits per heavy atom. The second-order valence-corrected chi connectivity index (χ2v) is 5.09. The zero-order valence-corrected chi connectivity index (χ0v) is 11.5. The van der Waals surface area contributed by atoms with Crippen molar-refractivity contribution in [3.8, 4) is 0 Å². The summed E-state index contributed by atoms with van der Waals surface area (Å²) in [6.07, 6.45) is 0.192. The summed E-state index contributed by atoms with van der Waals surface area (Å²) in [6.45, 7) is 4.37. The van der Waals surface area contributed by atoms with Crippen molar-refractivity contribution in [2.45, 2.75) is 13.0 Å². The van der Waals surface area contributed by atoms with Gasteiger partial charge in [-0.1, -0.05) is 18.2 Å². The van der Waals surface area contributed by atoms with Gasteiger partial charge >= 0.3 is 0 Å². The molecule has 3 N–H and O–H groups in total. The molecule has 1 atom stereocenters.